The minimum absolute atomic E-state index is 0.0909. The summed E-state index contributed by atoms with van der Waals surface area (Å²) in [6.45, 7) is 5.84. The number of aromatic nitrogens is 1. The molecule has 1 aromatic heterocycles. The number of allylic oxidation sites excluding steroid dienone is 4. The molecule has 0 saturated heterocycles. The second-order valence-corrected chi connectivity index (χ2v) is 7.00. The molecule has 0 unspecified atom stereocenters. The van der Waals surface area contributed by atoms with Gasteiger partial charge in [0.1, 0.15) is 11.4 Å². The van der Waals surface area contributed by atoms with E-state index in [-0.39, 0.29) is 5.75 Å². The molecule has 3 rings (SSSR count). The highest BCUT2D eigenvalue weighted by Gasteiger charge is 2.24. The average Bonchev–Trinajstić information content (AvgIpc) is 3.06. The minimum Gasteiger partial charge on any atom is -0.508 e. The van der Waals surface area contributed by atoms with Crippen molar-refractivity contribution < 1.29 is 9.63 Å². The van der Waals surface area contributed by atoms with E-state index in [4.69, 9.17) is 27.7 Å². The van der Waals surface area contributed by atoms with Gasteiger partial charge in [-0.15, -0.1) is 0 Å². The lowest BCUT2D eigenvalue weighted by atomic mass is 9.93. The van der Waals surface area contributed by atoms with Crippen LogP contribution in [-0.4, -0.2) is 10.3 Å². The number of halogens is 2. The van der Waals surface area contributed by atoms with Crippen LogP contribution in [0.1, 0.15) is 25.1 Å². The molecular weight excluding hydrogens is 381 g/mol. The van der Waals surface area contributed by atoms with Crippen LogP contribution in [0.5, 0.6) is 5.75 Å². The smallest absolute Gasteiger partial charge is 0.176 e. The fraction of sp³-hybridized carbons (Fsp3) is 0.136. The van der Waals surface area contributed by atoms with E-state index >= 15 is 0 Å². The van der Waals surface area contributed by atoms with Crippen molar-refractivity contribution in [1.82, 2.24) is 5.16 Å². The summed E-state index contributed by atoms with van der Waals surface area (Å²) in [5.41, 5.74) is 5.00. The molecule has 0 fully saturated rings. The zero-order valence-electron chi connectivity index (χ0n) is 15.3. The Bertz CT molecular complexity index is 1050. The maximum atomic E-state index is 9.68. The predicted octanol–water partition coefficient (Wildman–Crippen LogP) is 7.22. The number of aryl methyl sites for hydroxylation is 1. The van der Waals surface area contributed by atoms with Gasteiger partial charge in [0.15, 0.2) is 5.76 Å². The van der Waals surface area contributed by atoms with Crippen molar-refractivity contribution in [2.45, 2.75) is 20.8 Å². The van der Waals surface area contributed by atoms with E-state index in [0.717, 1.165) is 22.3 Å². The van der Waals surface area contributed by atoms with E-state index < -0.39 is 0 Å². The summed E-state index contributed by atoms with van der Waals surface area (Å²) < 4.78 is 5.73. The molecule has 0 radical (unpaired) electrons. The van der Waals surface area contributed by atoms with Crippen LogP contribution in [0.15, 0.2) is 64.2 Å². The van der Waals surface area contributed by atoms with Crippen molar-refractivity contribution in [3.63, 3.8) is 0 Å². The highest BCUT2D eigenvalue weighted by atomic mass is 35.5. The van der Waals surface area contributed by atoms with Crippen LogP contribution in [0.4, 0.5) is 0 Å². The fourth-order valence-corrected chi connectivity index (χ4v) is 3.38. The molecule has 27 heavy (non-hydrogen) atoms. The number of nitrogens with zero attached hydrogens (tertiary/aromatic N) is 1. The van der Waals surface area contributed by atoms with Gasteiger partial charge in [-0.3, -0.25) is 0 Å². The first kappa shape index (κ1) is 19.3. The lowest BCUT2D eigenvalue weighted by Crippen LogP contribution is -1.91. The molecule has 0 saturated carbocycles. The molecule has 0 amide bonds. The molecule has 3 aromatic rings. The molecule has 0 spiro atoms. The van der Waals surface area contributed by atoms with Gasteiger partial charge in [0.2, 0.25) is 0 Å². The van der Waals surface area contributed by atoms with Gasteiger partial charge in [0, 0.05) is 10.6 Å². The van der Waals surface area contributed by atoms with Crippen molar-refractivity contribution in [1.29, 1.82) is 0 Å². The third-order valence-corrected chi connectivity index (χ3v) is 5.05. The maximum absolute atomic E-state index is 9.68. The molecule has 3 nitrogen and oxygen atoms in total. The van der Waals surface area contributed by atoms with Gasteiger partial charge in [0.25, 0.3) is 0 Å². The number of benzene rings is 2. The van der Waals surface area contributed by atoms with Gasteiger partial charge < -0.3 is 9.63 Å². The highest BCUT2D eigenvalue weighted by molar-refractivity contribution is 6.34. The van der Waals surface area contributed by atoms with Crippen molar-refractivity contribution in [3.05, 3.63) is 75.9 Å². The van der Waals surface area contributed by atoms with E-state index in [9.17, 15) is 5.11 Å². The summed E-state index contributed by atoms with van der Waals surface area (Å²) in [4.78, 5) is 0. The van der Waals surface area contributed by atoms with Gasteiger partial charge in [0.05, 0.1) is 10.6 Å². The summed E-state index contributed by atoms with van der Waals surface area (Å²) in [6, 6.07) is 12.8. The van der Waals surface area contributed by atoms with E-state index in [0.29, 0.717) is 27.1 Å². The van der Waals surface area contributed by atoms with Crippen molar-refractivity contribution in [2.75, 3.05) is 0 Å². The number of hydrogen-bond acceptors (Lipinski definition) is 3. The molecule has 138 valence electrons. The number of hydrogen-bond donors (Lipinski definition) is 1. The normalized spacial score (nSPS) is 12.5. The zero-order valence-corrected chi connectivity index (χ0v) is 16.8. The van der Waals surface area contributed by atoms with Crippen LogP contribution in [0.3, 0.4) is 0 Å². The number of rotatable bonds is 4. The van der Waals surface area contributed by atoms with Crippen LogP contribution in [0, 0.1) is 6.92 Å². The molecule has 2 aromatic carbocycles. The molecule has 0 atom stereocenters. The van der Waals surface area contributed by atoms with E-state index in [1.54, 1.807) is 12.1 Å². The van der Waals surface area contributed by atoms with Gasteiger partial charge in [-0.25, -0.2) is 0 Å². The standard InChI is InChI=1S/C22H19Cl2NO2/c1-4-7-18(23)14(3)21-20(16-9-6-5-8-13(16)2)22(27-25-21)17-11-10-15(26)12-19(17)24/h4-12,26H,1-3H3. The lowest BCUT2D eigenvalue weighted by molar-refractivity contribution is 0.430. The minimum atomic E-state index is 0.0909. The topological polar surface area (TPSA) is 46.3 Å². The van der Waals surface area contributed by atoms with Gasteiger partial charge in [-0.05, 0) is 61.7 Å². The molecule has 0 aliphatic heterocycles. The van der Waals surface area contributed by atoms with Crippen LogP contribution in [0.2, 0.25) is 5.02 Å². The SMILES string of the molecule is CC=CC(Cl)=C(C)c1noc(-c2ccc(O)cc2Cl)c1-c1ccccc1C. The van der Waals surface area contributed by atoms with Crippen LogP contribution in [0.25, 0.3) is 28.0 Å². The maximum Gasteiger partial charge on any atom is 0.176 e. The molecular formula is C22H19Cl2NO2. The summed E-state index contributed by atoms with van der Waals surface area (Å²) in [6.07, 6.45) is 3.69. The molecule has 5 heteroatoms. The monoisotopic (exact) mass is 399 g/mol. The predicted molar refractivity (Wildman–Crippen MR) is 112 cm³/mol. The van der Waals surface area contributed by atoms with Crippen molar-refractivity contribution in [2.24, 2.45) is 0 Å². The first-order valence-electron chi connectivity index (χ1n) is 8.48. The van der Waals surface area contributed by atoms with Crippen LogP contribution >= 0.6 is 23.2 Å². The Morgan fingerprint density at radius 3 is 2.56 bits per heavy atom. The van der Waals surface area contributed by atoms with Gasteiger partial charge >= 0.3 is 0 Å². The molecule has 0 aliphatic rings. The van der Waals surface area contributed by atoms with E-state index in [2.05, 4.69) is 5.16 Å². The first-order valence-corrected chi connectivity index (χ1v) is 9.23. The second-order valence-electron chi connectivity index (χ2n) is 6.19. The summed E-state index contributed by atoms with van der Waals surface area (Å²) in [5, 5.41) is 15.0. The third-order valence-electron chi connectivity index (χ3n) is 4.33. The Morgan fingerprint density at radius 2 is 1.89 bits per heavy atom. The quantitative estimate of drug-likeness (QED) is 0.470. The molecule has 1 N–H and O–H groups in total. The average molecular weight is 400 g/mol. The van der Waals surface area contributed by atoms with Crippen LogP contribution in [-0.2, 0) is 0 Å². The number of aromatic hydroxyl groups is 1. The van der Waals surface area contributed by atoms with Crippen LogP contribution < -0.4 is 0 Å². The molecule has 0 aliphatic carbocycles. The Labute approximate surface area is 168 Å². The van der Waals surface area contributed by atoms with Gasteiger partial charge in [-0.2, -0.15) is 0 Å². The summed E-state index contributed by atoms with van der Waals surface area (Å²) in [7, 11) is 0. The largest absolute Gasteiger partial charge is 0.508 e. The molecule has 0 bridgehead atoms. The Balaban J connectivity index is 2.34. The lowest BCUT2D eigenvalue weighted by Gasteiger charge is -2.10. The van der Waals surface area contributed by atoms with Crippen molar-refractivity contribution >= 4 is 28.8 Å². The number of phenolic OH excluding ortho intramolecular Hbond substituents is 1. The number of phenols is 1. The third kappa shape index (κ3) is 3.80. The molecule has 1 heterocycles. The van der Waals surface area contributed by atoms with E-state index in [1.807, 2.05) is 57.2 Å². The highest BCUT2D eigenvalue weighted by Crippen LogP contribution is 2.43. The first-order chi connectivity index (χ1) is 12.9. The Hall–Kier alpha value is -2.49. The Morgan fingerprint density at radius 1 is 1.15 bits per heavy atom. The summed E-state index contributed by atoms with van der Waals surface area (Å²) in [5.74, 6) is 0.627. The Kier molecular flexibility index (Phi) is 5.73. The fourth-order valence-electron chi connectivity index (χ4n) is 2.91. The second kappa shape index (κ2) is 8.03. The van der Waals surface area contributed by atoms with E-state index in [1.165, 1.54) is 6.07 Å². The summed E-state index contributed by atoms with van der Waals surface area (Å²) >= 11 is 12.8. The van der Waals surface area contributed by atoms with Gasteiger partial charge in [-0.1, -0.05) is 58.7 Å². The van der Waals surface area contributed by atoms with Crippen molar-refractivity contribution in [3.8, 4) is 28.2 Å². The zero-order chi connectivity index (χ0) is 19.6.